The van der Waals surface area contributed by atoms with Crippen molar-refractivity contribution in [3.05, 3.63) is 95.5 Å². The van der Waals surface area contributed by atoms with Crippen LogP contribution in [0.15, 0.2) is 89.5 Å². The summed E-state index contributed by atoms with van der Waals surface area (Å²) in [5.74, 6) is -0.327. The van der Waals surface area contributed by atoms with Crippen LogP contribution < -0.4 is 4.72 Å². The number of ether oxygens (including phenoxy) is 1. The molecule has 4 rings (SSSR count). The fourth-order valence-corrected chi connectivity index (χ4v) is 5.76. The Hall–Kier alpha value is -3.72. The number of aromatic nitrogens is 2. The molecule has 0 amide bonds. The highest BCUT2D eigenvalue weighted by molar-refractivity contribution is 7.92. The highest BCUT2D eigenvalue weighted by Crippen LogP contribution is 2.37. The Morgan fingerprint density at radius 2 is 1.68 bits per heavy atom. The monoisotopic (exact) mass is 535 g/mol. The van der Waals surface area contributed by atoms with Crippen LogP contribution in [0.25, 0.3) is 0 Å². The van der Waals surface area contributed by atoms with Gasteiger partial charge in [0.2, 0.25) is 0 Å². The van der Waals surface area contributed by atoms with Crippen molar-refractivity contribution >= 4 is 21.7 Å². The van der Waals surface area contributed by atoms with E-state index in [1.807, 2.05) is 24.3 Å². The van der Waals surface area contributed by atoms with Crippen LogP contribution >= 0.6 is 0 Å². The molecule has 0 saturated carbocycles. The third-order valence-electron chi connectivity index (χ3n) is 6.67. The largest absolute Gasteiger partial charge is 0.512 e. The summed E-state index contributed by atoms with van der Waals surface area (Å²) in [5.41, 5.74) is 2.11. The van der Waals surface area contributed by atoms with Gasteiger partial charge in [0.1, 0.15) is 11.4 Å². The summed E-state index contributed by atoms with van der Waals surface area (Å²) in [6.07, 6.45) is 7.60. The average Bonchev–Trinajstić information content (AvgIpc) is 2.90. The van der Waals surface area contributed by atoms with Crippen LogP contribution in [0.1, 0.15) is 56.6 Å². The van der Waals surface area contributed by atoms with E-state index in [-0.39, 0.29) is 10.9 Å². The molecule has 38 heavy (non-hydrogen) atoms. The van der Waals surface area contributed by atoms with E-state index in [9.17, 15) is 18.3 Å². The summed E-state index contributed by atoms with van der Waals surface area (Å²) in [4.78, 5) is 20.6. The van der Waals surface area contributed by atoms with E-state index in [1.54, 1.807) is 24.3 Å². The highest BCUT2D eigenvalue weighted by Gasteiger charge is 2.40. The minimum absolute atomic E-state index is 0.118. The molecule has 0 fully saturated rings. The lowest BCUT2D eigenvalue weighted by atomic mass is 9.83. The van der Waals surface area contributed by atoms with Gasteiger partial charge < -0.3 is 9.84 Å². The number of cyclic esters (lactones) is 1. The summed E-state index contributed by atoms with van der Waals surface area (Å²) in [6, 6.07) is 18.7. The maximum absolute atomic E-state index is 13.0. The first kappa shape index (κ1) is 27.3. The minimum Gasteiger partial charge on any atom is -0.512 e. The van der Waals surface area contributed by atoms with E-state index < -0.39 is 21.6 Å². The molecule has 2 N–H and O–H groups in total. The van der Waals surface area contributed by atoms with Gasteiger partial charge in [-0.25, -0.2) is 14.8 Å². The smallest absolute Gasteiger partial charge is 0.337 e. The summed E-state index contributed by atoms with van der Waals surface area (Å²) >= 11 is 0. The first-order chi connectivity index (χ1) is 18.3. The van der Waals surface area contributed by atoms with Crippen LogP contribution in [0, 0.1) is 0 Å². The molecule has 1 unspecified atom stereocenters. The van der Waals surface area contributed by atoms with Gasteiger partial charge in [0.15, 0.2) is 0 Å². The zero-order valence-electron chi connectivity index (χ0n) is 21.5. The molecular formula is C29H33N3O5S. The van der Waals surface area contributed by atoms with Gasteiger partial charge in [-0.05, 0) is 67.9 Å². The Kier molecular flexibility index (Phi) is 8.78. The van der Waals surface area contributed by atoms with Crippen molar-refractivity contribution in [2.24, 2.45) is 0 Å². The average molecular weight is 536 g/mol. The number of aliphatic hydroxyl groups is 1. The molecule has 0 saturated heterocycles. The zero-order chi connectivity index (χ0) is 27.0. The number of rotatable bonds is 12. The van der Waals surface area contributed by atoms with E-state index in [0.29, 0.717) is 49.8 Å². The molecule has 0 radical (unpaired) electrons. The van der Waals surface area contributed by atoms with Crippen molar-refractivity contribution in [1.29, 1.82) is 0 Å². The molecule has 2 aromatic carbocycles. The number of anilines is 1. The normalized spacial score (nSPS) is 17.8. The van der Waals surface area contributed by atoms with Crippen molar-refractivity contribution < 1.29 is 23.1 Å². The van der Waals surface area contributed by atoms with E-state index in [4.69, 9.17) is 4.74 Å². The van der Waals surface area contributed by atoms with Gasteiger partial charge in [-0.3, -0.25) is 4.72 Å². The van der Waals surface area contributed by atoms with Crippen LogP contribution in [0.4, 0.5) is 5.69 Å². The minimum atomic E-state index is -3.89. The number of hydrogen-bond donors (Lipinski definition) is 2. The second-order valence-corrected chi connectivity index (χ2v) is 11.2. The number of sulfonamides is 1. The molecular weight excluding hydrogens is 502 g/mol. The number of nitrogens with zero attached hydrogens (tertiary/aromatic N) is 2. The fraction of sp³-hybridized carbons (Fsp3) is 0.345. The molecule has 1 aliphatic heterocycles. The van der Waals surface area contributed by atoms with Crippen LogP contribution in [0.2, 0.25) is 0 Å². The third kappa shape index (κ3) is 6.98. The lowest BCUT2D eigenvalue weighted by molar-refractivity contribution is -0.161. The summed E-state index contributed by atoms with van der Waals surface area (Å²) in [7, 11) is -3.89. The molecule has 0 spiro atoms. The number of aryl methyl sites for hydroxylation is 2. The highest BCUT2D eigenvalue weighted by atomic mass is 32.2. The second-order valence-electron chi connectivity index (χ2n) is 9.60. The van der Waals surface area contributed by atoms with Crippen LogP contribution in [0.3, 0.4) is 0 Å². The Morgan fingerprint density at radius 1 is 0.947 bits per heavy atom. The van der Waals surface area contributed by atoms with Crippen molar-refractivity contribution in [3.8, 4) is 0 Å². The number of aliphatic hydroxyl groups excluding tert-OH is 1. The van der Waals surface area contributed by atoms with Crippen molar-refractivity contribution in [1.82, 2.24) is 9.97 Å². The molecule has 0 bridgehead atoms. The van der Waals surface area contributed by atoms with Crippen molar-refractivity contribution in [3.63, 3.8) is 0 Å². The quantitative estimate of drug-likeness (QED) is 0.231. The van der Waals surface area contributed by atoms with Crippen LogP contribution in [0.5, 0.6) is 0 Å². The maximum Gasteiger partial charge on any atom is 0.337 e. The molecule has 2 heterocycles. The van der Waals surface area contributed by atoms with Gasteiger partial charge in [0.25, 0.3) is 15.2 Å². The Balaban J connectivity index is 1.37. The number of nitrogens with one attached hydrogen (secondary N) is 1. The Morgan fingerprint density at radius 3 is 2.39 bits per heavy atom. The number of carbonyl (C=O) groups excluding carboxylic acids is 1. The molecule has 0 aliphatic carbocycles. The first-order valence-electron chi connectivity index (χ1n) is 12.9. The van der Waals surface area contributed by atoms with E-state index in [2.05, 4.69) is 33.7 Å². The van der Waals surface area contributed by atoms with E-state index in [0.717, 1.165) is 18.4 Å². The standard InChI is InChI=1S/C29H33N3O5S/c1-2-16-29(17-15-22-9-4-3-5-10-22)21-26(33)25(27(34)37-29)14-7-12-23-11-6-13-24(20-23)32-38(35,36)28-30-18-8-19-31-28/h3-6,8-11,13,18-20,32-33H,2,7,12,14-17,21H2,1H3. The Labute approximate surface area is 223 Å². The number of esters is 1. The molecule has 3 aromatic rings. The number of hydrogen-bond acceptors (Lipinski definition) is 7. The topological polar surface area (TPSA) is 118 Å². The van der Waals surface area contributed by atoms with Crippen molar-refractivity contribution in [2.75, 3.05) is 4.72 Å². The van der Waals surface area contributed by atoms with Gasteiger partial charge in [0, 0.05) is 24.5 Å². The predicted molar refractivity (Wildman–Crippen MR) is 145 cm³/mol. The lowest BCUT2D eigenvalue weighted by Gasteiger charge is -2.37. The maximum atomic E-state index is 13.0. The van der Waals surface area contributed by atoms with E-state index in [1.165, 1.54) is 18.0 Å². The Bertz CT molecular complexity index is 1380. The zero-order valence-corrected chi connectivity index (χ0v) is 22.3. The van der Waals surface area contributed by atoms with Gasteiger partial charge in [-0.15, -0.1) is 0 Å². The second kappa shape index (κ2) is 12.2. The SMILES string of the molecule is CCCC1(CCc2ccccc2)CC(O)=C(CCCc2cccc(NS(=O)(=O)c3ncccn3)c2)C(=O)O1. The molecule has 8 nitrogen and oxygen atoms in total. The summed E-state index contributed by atoms with van der Waals surface area (Å²) in [5, 5.41) is 10.6. The van der Waals surface area contributed by atoms with Crippen molar-refractivity contribution in [2.45, 2.75) is 69.0 Å². The number of benzene rings is 2. The van der Waals surface area contributed by atoms with E-state index >= 15 is 0 Å². The van der Waals surface area contributed by atoms with Gasteiger partial charge in [-0.2, -0.15) is 8.42 Å². The first-order valence-corrected chi connectivity index (χ1v) is 14.4. The molecule has 200 valence electrons. The molecule has 1 aliphatic rings. The number of carbonyl (C=O) groups is 1. The summed E-state index contributed by atoms with van der Waals surface area (Å²) < 4.78 is 33.5. The van der Waals surface area contributed by atoms with Gasteiger partial charge in [-0.1, -0.05) is 55.8 Å². The fourth-order valence-electron chi connectivity index (χ4n) is 4.83. The summed E-state index contributed by atoms with van der Waals surface area (Å²) in [6.45, 7) is 2.05. The van der Waals surface area contributed by atoms with Crippen LogP contribution in [-0.2, 0) is 32.4 Å². The molecule has 9 heteroatoms. The van der Waals surface area contributed by atoms with Gasteiger partial charge >= 0.3 is 5.97 Å². The molecule has 1 atom stereocenters. The van der Waals surface area contributed by atoms with Gasteiger partial charge in [0.05, 0.1) is 5.57 Å². The third-order valence-corrected chi connectivity index (χ3v) is 7.86. The van der Waals surface area contributed by atoms with Crippen LogP contribution in [-0.4, -0.2) is 35.1 Å². The molecule has 1 aromatic heterocycles. The predicted octanol–water partition coefficient (Wildman–Crippen LogP) is 5.53. The lowest BCUT2D eigenvalue weighted by Crippen LogP contribution is -2.40.